The van der Waals surface area contributed by atoms with Crippen molar-refractivity contribution in [2.45, 2.75) is 32.9 Å². The Hall–Kier alpha value is -1.30. The summed E-state index contributed by atoms with van der Waals surface area (Å²) >= 11 is 12.0. The van der Waals surface area contributed by atoms with Crippen LogP contribution in [0.1, 0.15) is 37.0 Å². The first kappa shape index (κ1) is 15.1. The summed E-state index contributed by atoms with van der Waals surface area (Å²) in [5.74, 6) is 1.71. The SMILES string of the molecule is CC(C)c1nc(COc2c(Cl)cc(Cl)cc2CN)no1. The zero-order chi connectivity index (χ0) is 14.7. The molecule has 0 atom stereocenters. The average molecular weight is 316 g/mol. The largest absolute Gasteiger partial charge is 0.484 e. The number of ether oxygens (including phenoxy) is 1. The number of nitrogens with two attached hydrogens (primary N) is 1. The minimum absolute atomic E-state index is 0.157. The molecule has 0 aliphatic rings. The van der Waals surface area contributed by atoms with Crippen molar-refractivity contribution in [1.82, 2.24) is 10.1 Å². The fourth-order valence-corrected chi connectivity index (χ4v) is 2.21. The van der Waals surface area contributed by atoms with Crippen LogP contribution in [0.25, 0.3) is 0 Å². The molecule has 0 bridgehead atoms. The Morgan fingerprint density at radius 1 is 1.35 bits per heavy atom. The topological polar surface area (TPSA) is 74.2 Å². The van der Waals surface area contributed by atoms with Crippen LogP contribution in [-0.4, -0.2) is 10.1 Å². The number of hydrogen-bond donors (Lipinski definition) is 1. The van der Waals surface area contributed by atoms with Gasteiger partial charge in [0.15, 0.2) is 6.61 Å². The third-order valence-corrected chi connectivity index (χ3v) is 3.13. The predicted octanol–water partition coefficient (Wildman–Crippen LogP) is 3.54. The minimum Gasteiger partial charge on any atom is -0.484 e. The Labute approximate surface area is 127 Å². The molecule has 20 heavy (non-hydrogen) atoms. The second-order valence-corrected chi connectivity index (χ2v) is 5.42. The Bertz CT molecular complexity index is 599. The summed E-state index contributed by atoms with van der Waals surface area (Å²) < 4.78 is 10.7. The van der Waals surface area contributed by atoms with E-state index < -0.39 is 0 Å². The van der Waals surface area contributed by atoms with Gasteiger partial charge in [-0.3, -0.25) is 0 Å². The van der Waals surface area contributed by atoms with Crippen molar-refractivity contribution in [3.63, 3.8) is 0 Å². The van der Waals surface area contributed by atoms with Crippen molar-refractivity contribution < 1.29 is 9.26 Å². The highest BCUT2D eigenvalue weighted by atomic mass is 35.5. The maximum atomic E-state index is 6.11. The van der Waals surface area contributed by atoms with E-state index in [9.17, 15) is 0 Å². The molecule has 5 nitrogen and oxygen atoms in total. The number of hydrogen-bond acceptors (Lipinski definition) is 5. The monoisotopic (exact) mass is 315 g/mol. The summed E-state index contributed by atoms with van der Waals surface area (Å²) in [6.45, 7) is 4.38. The summed E-state index contributed by atoms with van der Waals surface area (Å²) in [7, 11) is 0. The lowest BCUT2D eigenvalue weighted by Crippen LogP contribution is -2.04. The van der Waals surface area contributed by atoms with Gasteiger partial charge in [0.25, 0.3) is 0 Å². The van der Waals surface area contributed by atoms with Crippen molar-refractivity contribution in [1.29, 1.82) is 0 Å². The molecule has 0 unspecified atom stereocenters. The zero-order valence-electron chi connectivity index (χ0n) is 11.2. The van der Waals surface area contributed by atoms with Crippen molar-refractivity contribution in [3.8, 4) is 5.75 Å². The number of halogens is 2. The molecular formula is C13H15Cl2N3O2. The van der Waals surface area contributed by atoms with Gasteiger partial charge in [0.05, 0.1) is 5.02 Å². The first-order valence-corrected chi connectivity index (χ1v) is 6.90. The quantitative estimate of drug-likeness (QED) is 0.913. The summed E-state index contributed by atoms with van der Waals surface area (Å²) in [5, 5.41) is 4.77. The van der Waals surface area contributed by atoms with Gasteiger partial charge in [-0.05, 0) is 12.1 Å². The highest BCUT2D eigenvalue weighted by molar-refractivity contribution is 6.35. The molecule has 0 aliphatic carbocycles. The van der Waals surface area contributed by atoms with E-state index in [-0.39, 0.29) is 19.1 Å². The molecule has 0 saturated heterocycles. The summed E-state index contributed by atoms with van der Waals surface area (Å²) in [6, 6.07) is 3.33. The molecule has 0 aliphatic heterocycles. The molecular weight excluding hydrogens is 301 g/mol. The van der Waals surface area contributed by atoms with E-state index in [1.165, 1.54) is 0 Å². The first-order chi connectivity index (χ1) is 9.51. The molecule has 0 saturated carbocycles. The smallest absolute Gasteiger partial charge is 0.229 e. The van der Waals surface area contributed by atoms with E-state index >= 15 is 0 Å². The molecule has 0 spiro atoms. The first-order valence-electron chi connectivity index (χ1n) is 6.14. The molecule has 1 aromatic carbocycles. The van der Waals surface area contributed by atoms with Crippen LogP contribution in [0.2, 0.25) is 10.0 Å². The lowest BCUT2D eigenvalue weighted by molar-refractivity contribution is 0.282. The molecule has 1 aromatic heterocycles. The van der Waals surface area contributed by atoms with Gasteiger partial charge in [-0.1, -0.05) is 42.2 Å². The number of aromatic nitrogens is 2. The van der Waals surface area contributed by atoms with Gasteiger partial charge in [0.1, 0.15) is 5.75 Å². The Balaban J connectivity index is 2.14. The third kappa shape index (κ3) is 3.42. The zero-order valence-corrected chi connectivity index (χ0v) is 12.7. The van der Waals surface area contributed by atoms with E-state index in [2.05, 4.69) is 10.1 Å². The fourth-order valence-electron chi connectivity index (χ4n) is 1.62. The maximum absolute atomic E-state index is 6.11. The number of rotatable bonds is 5. The fraction of sp³-hybridized carbons (Fsp3) is 0.385. The lowest BCUT2D eigenvalue weighted by Gasteiger charge is -2.11. The average Bonchev–Trinajstić information content (AvgIpc) is 2.85. The van der Waals surface area contributed by atoms with E-state index in [1.807, 2.05) is 13.8 Å². The van der Waals surface area contributed by atoms with Crippen LogP contribution in [-0.2, 0) is 13.2 Å². The molecule has 0 fully saturated rings. The summed E-state index contributed by atoms with van der Waals surface area (Å²) in [4.78, 5) is 4.22. The van der Waals surface area contributed by atoms with E-state index in [4.69, 9.17) is 38.2 Å². The van der Waals surface area contributed by atoms with Crippen LogP contribution >= 0.6 is 23.2 Å². The van der Waals surface area contributed by atoms with Crippen LogP contribution in [0.15, 0.2) is 16.7 Å². The lowest BCUT2D eigenvalue weighted by atomic mass is 10.2. The second kappa shape index (κ2) is 6.43. The van der Waals surface area contributed by atoms with Crippen molar-refractivity contribution in [2.75, 3.05) is 0 Å². The van der Waals surface area contributed by atoms with Gasteiger partial charge in [0.2, 0.25) is 11.7 Å². The third-order valence-electron chi connectivity index (χ3n) is 2.63. The molecule has 2 aromatic rings. The molecule has 0 amide bonds. The van der Waals surface area contributed by atoms with Gasteiger partial charge in [-0.2, -0.15) is 4.98 Å². The standard InChI is InChI=1S/C13H15Cl2N3O2/c1-7(2)13-17-11(18-20-13)6-19-12-8(5-16)3-9(14)4-10(12)15/h3-4,7H,5-6,16H2,1-2H3. The van der Waals surface area contributed by atoms with Gasteiger partial charge in [-0.25, -0.2) is 0 Å². The summed E-state index contributed by atoms with van der Waals surface area (Å²) in [6.07, 6.45) is 0. The predicted molar refractivity (Wildman–Crippen MR) is 77.1 cm³/mol. The van der Waals surface area contributed by atoms with E-state index in [1.54, 1.807) is 12.1 Å². The minimum atomic E-state index is 0.157. The summed E-state index contributed by atoms with van der Waals surface area (Å²) in [5.41, 5.74) is 6.39. The van der Waals surface area contributed by atoms with Crippen LogP contribution in [0, 0.1) is 0 Å². The maximum Gasteiger partial charge on any atom is 0.229 e. The number of nitrogens with zero attached hydrogens (tertiary/aromatic N) is 2. The molecule has 2 N–H and O–H groups in total. The molecule has 1 heterocycles. The number of benzene rings is 1. The van der Waals surface area contributed by atoms with E-state index in [0.29, 0.717) is 27.5 Å². The van der Waals surface area contributed by atoms with Gasteiger partial charge in [0, 0.05) is 23.0 Å². The van der Waals surface area contributed by atoms with Crippen molar-refractivity contribution in [3.05, 3.63) is 39.5 Å². The highest BCUT2D eigenvalue weighted by Crippen LogP contribution is 2.32. The van der Waals surface area contributed by atoms with Gasteiger partial charge < -0.3 is 15.0 Å². The highest BCUT2D eigenvalue weighted by Gasteiger charge is 2.13. The Kier molecular flexibility index (Phi) is 4.86. The Morgan fingerprint density at radius 2 is 2.10 bits per heavy atom. The van der Waals surface area contributed by atoms with Crippen LogP contribution < -0.4 is 10.5 Å². The molecule has 7 heteroatoms. The van der Waals surface area contributed by atoms with Crippen molar-refractivity contribution >= 4 is 23.2 Å². The normalized spacial score (nSPS) is 11.1. The Morgan fingerprint density at radius 3 is 2.70 bits per heavy atom. The second-order valence-electron chi connectivity index (χ2n) is 4.57. The van der Waals surface area contributed by atoms with Crippen LogP contribution in [0.3, 0.4) is 0 Å². The van der Waals surface area contributed by atoms with Gasteiger partial charge >= 0.3 is 0 Å². The van der Waals surface area contributed by atoms with Gasteiger partial charge in [-0.15, -0.1) is 0 Å². The molecule has 2 rings (SSSR count). The van der Waals surface area contributed by atoms with E-state index in [0.717, 1.165) is 5.56 Å². The molecule has 108 valence electrons. The molecule has 0 radical (unpaired) electrons. The van der Waals surface area contributed by atoms with Crippen LogP contribution in [0.5, 0.6) is 5.75 Å². The van der Waals surface area contributed by atoms with Crippen molar-refractivity contribution in [2.24, 2.45) is 5.73 Å². The van der Waals surface area contributed by atoms with Crippen LogP contribution in [0.4, 0.5) is 0 Å².